The van der Waals surface area contributed by atoms with Gasteiger partial charge in [-0.25, -0.2) is 0 Å². The first-order chi connectivity index (χ1) is 14.0. The lowest BCUT2D eigenvalue weighted by Gasteiger charge is -2.16. The molecule has 10 heteroatoms. The Hall–Kier alpha value is -2.72. The van der Waals surface area contributed by atoms with Crippen LogP contribution in [0.1, 0.15) is 29.4 Å². The number of ether oxygens (including phenoxy) is 1. The van der Waals surface area contributed by atoms with E-state index < -0.39 is 0 Å². The van der Waals surface area contributed by atoms with Crippen LogP contribution in [0.25, 0.3) is 0 Å². The summed E-state index contributed by atoms with van der Waals surface area (Å²) >= 11 is 2.63. The summed E-state index contributed by atoms with van der Waals surface area (Å²) in [5.41, 5.74) is 1.12. The maximum absolute atomic E-state index is 12.2. The van der Waals surface area contributed by atoms with E-state index >= 15 is 0 Å². The van der Waals surface area contributed by atoms with Gasteiger partial charge in [0.25, 0.3) is 0 Å². The van der Waals surface area contributed by atoms with Crippen molar-refractivity contribution in [3.8, 4) is 5.75 Å². The molecule has 8 nitrogen and oxygen atoms in total. The molecule has 0 aliphatic carbocycles. The van der Waals surface area contributed by atoms with Gasteiger partial charge in [-0.15, -0.1) is 27.0 Å². The highest BCUT2D eigenvalue weighted by Crippen LogP contribution is 2.25. The Morgan fingerprint density at radius 3 is 2.86 bits per heavy atom. The Balaban J connectivity index is 1.67. The molecule has 0 spiro atoms. The number of rotatable bonds is 9. The average Bonchev–Trinajstić information content (AvgIpc) is 3.26. The van der Waals surface area contributed by atoms with Crippen molar-refractivity contribution in [2.75, 3.05) is 11.1 Å². The molecule has 1 aromatic carbocycles. The molecule has 3 aromatic rings. The minimum absolute atomic E-state index is 0.176. The van der Waals surface area contributed by atoms with Gasteiger partial charge in [0.1, 0.15) is 10.8 Å². The molecule has 29 heavy (non-hydrogen) atoms. The number of aromatic nitrogens is 5. The normalized spacial score (nSPS) is 11.8. The van der Waals surface area contributed by atoms with E-state index in [0.29, 0.717) is 22.7 Å². The van der Waals surface area contributed by atoms with Crippen LogP contribution in [0.5, 0.6) is 5.75 Å². The van der Waals surface area contributed by atoms with Crippen molar-refractivity contribution >= 4 is 34.1 Å². The molecule has 152 valence electrons. The van der Waals surface area contributed by atoms with Crippen molar-refractivity contribution in [1.29, 1.82) is 0 Å². The van der Waals surface area contributed by atoms with E-state index in [1.54, 1.807) is 6.08 Å². The Morgan fingerprint density at radius 2 is 2.17 bits per heavy atom. The van der Waals surface area contributed by atoms with Gasteiger partial charge in [0.05, 0.1) is 5.75 Å². The molecule has 0 saturated carbocycles. The molecule has 1 atom stereocenters. The van der Waals surface area contributed by atoms with Gasteiger partial charge in [-0.1, -0.05) is 41.3 Å². The lowest BCUT2D eigenvalue weighted by Crippen LogP contribution is -2.15. The Labute approximate surface area is 177 Å². The zero-order valence-corrected chi connectivity index (χ0v) is 18.1. The number of benzene rings is 1. The molecule has 1 unspecified atom stereocenters. The van der Waals surface area contributed by atoms with E-state index in [1.807, 2.05) is 49.6 Å². The van der Waals surface area contributed by atoms with Crippen molar-refractivity contribution in [3.63, 3.8) is 0 Å². The minimum Gasteiger partial charge on any atom is -0.483 e. The number of thioether (sulfide) groups is 1. The quantitative estimate of drug-likeness (QED) is 0.407. The summed E-state index contributed by atoms with van der Waals surface area (Å²) in [6, 6.07) is 7.85. The van der Waals surface area contributed by atoms with Gasteiger partial charge in [-0.3, -0.25) is 14.7 Å². The van der Waals surface area contributed by atoms with Crippen molar-refractivity contribution in [2.24, 2.45) is 0 Å². The summed E-state index contributed by atoms with van der Waals surface area (Å²) in [5.74, 6) is 1.45. The lowest BCUT2D eigenvalue weighted by atomic mass is 10.2. The number of carbonyl (C=O) groups excluding carboxylic acids is 1. The predicted molar refractivity (Wildman–Crippen MR) is 114 cm³/mol. The molecule has 3 rings (SSSR count). The molecular weight excluding hydrogens is 408 g/mol. The van der Waals surface area contributed by atoms with Crippen molar-refractivity contribution in [2.45, 2.75) is 38.6 Å². The molecule has 0 aliphatic rings. The fourth-order valence-electron chi connectivity index (χ4n) is 2.59. The molecule has 1 amide bonds. The molecule has 0 fully saturated rings. The first kappa shape index (κ1) is 21.0. The number of aryl methyl sites for hydroxylation is 2. The van der Waals surface area contributed by atoms with Gasteiger partial charge in [-0.2, -0.15) is 0 Å². The number of amides is 1. The van der Waals surface area contributed by atoms with Crippen molar-refractivity contribution in [1.82, 2.24) is 25.0 Å². The highest BCUT2D eigenvalue weighted by molar-refractivity contribution is 7.99. The SMILES string of the molecule is C=CCn1c(SCC(=O)Nc2nnc(C)s2)nnc1C(C)Oc1cccc(C)c1. The van der Waals surface area contributed by atoms with Gasteiger partial charge in [0.15, 0.2) is 17.1 Å². The maximum Gasteiger partial charge on any atom is 0.236 e. The summed E-state index contributed by atoms with van der Waals surface area (Å²) in [6.07, 6.45) is 1.46. The largest absolute Gasteiger partial charge is 0.483 e. The van der Waals surface area contributed by atoms with Crippen LogP contribution in [-0.4, -0.2) is 36.6 Å². The number of nitrogens with zero attached hydrogens (tertiary/aromatic N) is 5. The van der Waals surface area contributed by atoms with E-state index in [9.17, 15) is 4.79 Å². The predicted octanol–water partition coefficient (Wildman–Crippen LogP) is 3.80. The number of carbonyl (C=O) groups is 1. The number of nitrogens with one attached hydrogen (secondary N) is 1. The van der Waals surface area contributed by atoms with Gasteiger partial charge >= 0.3 is 0 Å². The molecule has 2 aromatic heterocycles. The first-order valence-electron chi connectivity index (χ1n) is 8.96. The molecule has 1 N–H and O–H groups in total. The number of allylic oxidation sites excluding steroid dienone is 1. The maximum atomic E-state index is 12.2. The van der Waals surface area contributed by atoms with E-state index in [4.69, 9.17) is 4.74 Å². The van der Waals surface area contributed by atoms with Gasteiger partial charge in [0.2, 0.25) is 11.0 Å². The van der Waals surface area contributed by atoms with Crippen LogP contribution < -0.4 is 10.1 Å². The fraction of sp³-hybridized carbons (Fsp3) is 0.316. The fourth-order valence-corrected chi connectivity index (χ4v) is 3.95. The molecular formula is C19H22N6O2S2. The van der Waals surface area contributed by atoms with Crippen molar-refractivity contribution < 1.29 is 9.53 Å². The topological polar surface area (TPSA) is 94.8 Å². The number of hydrogen-bond donors (Lipinski definition) is 1. The first-order valence-corrected chi connectivity index (χ1v) is 10.8. The van der Waals surface area contributed by atoms with Crippen LogP contribution in [0.3, 0.4) is 0 Å². The van der Waals surface area contributed by atoms with E-state index in [2.05, 4.69) is 32.3 Å². The highest BCUT2D eigenvalue weighted by Gasteiger charge is 2.20. The smallest absolute Gasteiger partial charge is 0.236 e. The van der Waals surface area contributed by atoms with E-state index in [1.165, 1.54) is 23.1 Å². The molecule has 0 aliphatic heterocycles. The molecule has 0 radical (unpaired) electrons. The summed E-state index contributed by atoms with van der Waals surface area (Å²) in [6.45, 7) is 10.1. The third kappa shape index (κ3) is 5.64. The third-order valence-corrected chi connectivity index (χ3v) is 5.55. The van der Waals surface area contributed by atoms with Gasteiger partial charge in [-0.05, 0) is 38.5 Å². The second-order valence-corrected chi connectivity index (χ2v) is 8.40. The molecule has 0 saturated heterocycles. The lowest BCUT2D eigenvalue weighted by molar-refractivity contribution is -0.113. The zero-order valence-electron chi connectivity index (χ0n) is 16.5. The Bertz CT molecular complexity index is 1000. The summed E-state index contributed by atoms with van der Waals surface area (Å²) in [7, 11) is 0. The monoisotopic (exact) mass is 430 g/mol. The zero-order chi connectivity index (χ0) is 20.8. The van der Waals surface area contributed by atoms with Gasteiger partial charge in [0, 0.05) is 6.54 Å². The highest BCUT2D eigenvalue weighted by atomic mass is 32.2. The molecule has 0 bridgehead atoms. The van der Waals surface area contributed by atoms with E-state index in [0.717, 1.165) is 16.3 Å². The Morgan fingerprint density at radius 1 is 1.34 bits per heavy atom. The van der Waals surface area contributed by atoms with Crippen LogP contribution in [0.2, 0.25) is 0 Å². The van der Waals surface area contributed by atoms with Gasteiger partial charge < -0.3 is 4.74 Å². The van der Waals surface area contributed by atoms with Crippen LogP contribution in [-0.2, 0) is 11.3 Å². The average molecular weight is 431 g/mol. The second kappa shape index (κ2) is 9.66. The van der Waals surface area contributed by atoms with Crippen molar-refractivity contribution in [3.05, 3.63) is 53.3 Å². The van der Waals surface area contributed by atoms with Crippen LogP contribution in [0.15, 0.2) is 42.1 Å². The standard InChI is InChI=1S/C19H22N6O2S2/c1-5-9-25-17(13(3)27-15-8-6-7-12(2)10-15)22-24-19(25)28-11-16(26)20-18-23-21-14(4)29-18/h5-8,10,13H,1,9,11H2,2-4H3,(H,20,23,26). The van der Waals surface area contributed by atoms with Crippen LogP contribution >= 0.6 is 23.1 Å². The van der Waals surface area contributed by atoms with Crippen LogP contribution in [0.4, 0.5) is 5.13 Å². The number of hydrogen-bond acceptors (Lipinski definition) is 8. The summed E-state index contributed by atoms with van der Waals surface area (Å²) in [4.78, 5) is 12.2. The number of anilines is 1. The van der Waals surface area contributed by atoms with E-state index in [-0.39, 0.29) is 17.8 Å². The minimum atomic E-state index is -0.309. The second-order valence-electron chi connectivity index (χ2n) is 6.28. The third-order valence-electron chi connectivity index (χ3n) is 3.83. The summed E-state index contributed by atoms with van der Waals surface area (Å²) in [5, 5.41) is 21.0. The molecule has 2 heterocycles. The Kier molecular flexibility index (Phi) is 6.99. The van der Waals surface area contributed by atoms with Crippen LogP contribution in [0, 0.1) is 13.8 Å². The summed E-state index contributed by atoms with van der Waals surface area (Å²) < 4.78 is 7.93.